The molecule has 0 aromatic carbocycles. The Kier molecular flexibility index (Phi) is 3.66. The van der Waals surface area contributed by atoms with E-state index in [1.807, 2.05) is 12.5 Å². The van der Waals surface area contributed by atoms with Crippen LogP contribution in [0.1, 0.15) is 50.3 Å². The molecule has 4 nitrogen and oxygen atoms in total. The number of hydrogen-bond acceptors (Lipinski definition) is 3. The molecule has 2 unspecified atom stereocenters. The summed E-state index contributed by atoms with van der Waals surface area (Å²) in [6.45, 7) is 1.21. The molecule has 100 valence electrons. The number of nitrogens with one attached hydrogen (secondary N) is 1. The van der Waals surface area contributed by atoms with Crippen molar-refractivity contribution < 1.29 is 5.11 Å². The van der Waals surface area contributed by atoms with Gasteiger partial charge in [0.25, 0.3) is 0 Å². The largest absolute Gasteiger partial charge is 0.396 e. The van der Waals surface area contributed by atoms with Crippen molar-refractivity contribution in [1.82, 2.24) is 14.9 Å². The lowest BCUT2D eigenvalue weighted by molar-refractivity contribution is 0.152. The van der Waals surface area contributed by atoms with Crippen LogP contribution in [0.25, 0.3) is 0 Å². The van der Waals surface area contributed by atoms with E-state index in [1.54, 1.807) is 0 Å². The second kappa shape index (κ2) is 5.41. The summed E-state index contributed by atoms with van der Waals surface area (Å²) in [4.78, 5) is 4.26. The smallest absolute Gasteiger partial charge is 0.0951 e. The van der Waals surface area contributed by atoms with Gasteiger partial charge in [-0.05, 0) is 31.6 Å². The van der Waals surface area contributed by atoms with E-state index in [2.05, 4.69) is 14.9 Å². The third-order valence-corrected chi connectivity index (χ3v) is 4.38. The Balaban J connectivity index is 1.57. The van der Waals surface area contributed by atoms with Gasteiger partial charge in [-0.2, -0.15) is 0 Å². The first-order valence-electron chi connectivity index (χ1n) is 7.23. The predicted molar refractivity (Wildman–Crippen MR) is 70.2 cm³/mol. The number of aromatic nitrogens is 2. The summed E-state index contributed by atoms with van der Waals surface area (Å²) < 4.78 is 2.31. The molecular formula is C14H23N3O. The first-order valence-corrected chi connectivity index (χ1v) is 7.23. The molecule has 2 saturated carbocycles. The Morgan fingerprint density at radius 3 is 2.89 bits per heavy atom. The Morgan fingerprint density at radius 1 is 1.28 bits per heavy atom. The summed E-state index contributed by atoms with van der Waals surface area (Å²) in [6, 6.07) is 1.18. The van der Waals surface area contributed by atoms with E-state index < -0.39 is 0 Å². The minimum Gasteiger partial charge on any atom is -0.396 e. The number of aliphatic hydroxyl groups excluding tert-OH is 1. The van der Waals surface area contributed by atoms with Gasteiger partial charge in [0.05, 0.1) is 12.0 Å². The summed E-state index contributed by atoms with van der Waals surface area (Å²) in [5, 5.41) is 13.0. The first kappa shape index (κ1) is 12.2. The van der Waals surface area contributed by atoms with Gasteiger partial charge in [0.15, 0.2) is 0 Å². The molecule has 1 aromatic heterocycles. The quantitative estimate of drug-likeness (QED) is 0.837. The minimum absolute atomic E-state index is 0.319. The van der Waals surface area contributed by atoms with Crippen molar-refractivity contribution in [3.63, 3.8) is 0 Å². The summed E-state index contributed by atoms with van der Waals surface area (Å²) in [7, 11) is 0. The van der Waals surface area contributed by atoms with Crippen LogP contribution in [0.3, 0.4) is 0 Å². The normalized spacial score (nSPS) is 28.5. The van der Waals surface area contributed by atoms with Crippen LogP contribution in [0.5, 0.6) is 0 Å². The molecule has 2 aliphatic carbocycles. The van der Waals surface area contributed by atoms with Gasteiger partial charge in [-0.1, -0.05) is 12.8 Å². The van der Waals surface area contributed by atoms with E-state index in [-0.39, 0.29) is 0 Å². The highest BCUT2D eigenvalue weighted by molar-refractivity contribution is 5.03. The van der Waals surface area contributed by atoms with Gasteiger partial charge in [-0.15, -0.1) is 0 Å². The zero-order chi connectivity index (χ0) is 12.4. The molecule has 2 aliphatic rings. The summed E-state index contributed by atoms with van der Waals surface area (Å²) >= 11 is 0. The maximum Gasteiger partial charge on any atom is 0.0951 e. The molecule has 0 radical (unpaired) electrons. The number of rotatable bonds is 5. The number of hydrogen-bond donors (Lipinski definition) is 2. The van der Waals surface area contributed by atoms with Crippen LogP contribution in [-0.4, -0.2) is 27.3 Å². The van der Waals surface area contributed by atoms with Crippen LogP contribution < -0.4 is 5.32 Å². The fourth-order valence-corrected chi connectivity index (χ4v) is 3.08. The Bertz CT molecular complexity index is 386. The average Bonchev–Trinajstić information content (AvgIpc) is 3.16. The van der Waals surface area contributed by atoms with Gasteiger partial charge in [-0.3, -0.25) is 0 Å². The van der Waals surface area contributed by atoms with Gasteiger partial charge < -0.3 is 15.0 Å². The molecule has 4 heteroatoms. The second-order valence-electron chi connectivity index (χ2n) is 5.74. The van der Waals surface area contributed by atoms with E-state index >= 15 is 0 Å². The lowest BCUT2D eigenvalue weighted by Gasteiger charge is -2.31. The van der Waals surface area contributed by atoms with Crippen LogP contribution in [-0.2, 0) is 6.54 Å². The van der Waals surface area contributed by atoms with E-state index in [9.17, 15) is 5.11 Å². The third-order valence-electron chi connectivity index (χ3n) is 4.38. The molecule has 0 bridgehead atoms. The summed E-state index contributed by atoms with van der Waals surface area (Å²) in [5.41, 5.74) is 1.29. The summed E-state index contributed by atoms with van der Waals surface area (Å²) in [6.07, 6.45) is 11.4. The number of imidazole rings is 1. The molecule has 0 spiro atoms. The molecular weight excluding hydrogens is 226 g/mol. The second-order valence-corrected chi connectivity index (χ2v) is 5.74. The fourth-order valence-electron chi connectivity index (χ4n) is 3.08. The molecule has 3 rings (SSSR count). The predicted octanol–water partition coefficient (Wildman–Crippen LogP) is 1.86. The van der Waals surface area contributed by atoms with Crippen molar-refractivity contribution in [3.05, 3.63) is 18.2 Å². The van der Waals surface area contributed by atoms with E-state index in [0.717, 1.165) is 13.0 Å². The highest BCUT2D eigenvalue weighted by atomic mass is 16.3. The van der Waals surface area contributed by atoms with Crippen molar-refractivity contribution in [3.8, 4) is 0 Å². The molecule has 1 heterocycles. The van der Waals surface area contributed by atoms with E-state index in [4.69, 9.17) is 0 Å². The van der Waals surface area contributed by atoms with E-state index in [1.165, 1.54) is 37.8 Å². The Morgan fingerprint density at radius 2 is 2.11 bits per heavy atom. The van der Waals surface area contributed by atoms with Crippen molar-refractivity contribution >= 4 is 0 Å². The van der Waals surface area contributed by atoms with Gasteiger partial charge in [0, 0.05) is 31.4 Å². The maximum atomic E-state index is 9.41. The SMILES string of the molecule is OCC1CCCCC1NCc1cncn1C1CC1. The van der Waals surface area contributed by atoms with Gasteiger partial charge >= 0.3 is 0 Å². The molecule has 0 saturated heterocycles. The Labute approximate surface area is 108 Å². The lowest BCUT2D eigenvalue weighted by atomic mass is 9.85. The van der Waals surface area contributed by atoms with Crippen molar-refractivity contribution in [2.75, 3.05) is 6.61 Å². The van der Waals surface area contributed by atoms with Gasteiger partial charge in [0.2, 0.25) is 0 Å². The molecule has 2 fully saturated rings. The Hall–Kier alpha value is -0.870. The van der Waals surface area contributed by atoms with Gasteiger partial charge in [0.1, 0.15) is 0 Å². The van der Waals surface area contributed by atoms with Gasteiger partial charge in [-0.25, -0.2) is 4.98 Å². The molecule has 18 heavy (non-hydrogen) atoms. The van der Waals surface area contributed by atoms with Crippen LogP contribution in [0.4, 0.5) is 0 Å². The molecule has 1 aromatic rings. The van der Waals surface area contributed by atoms with E-state index in [0.29, 0.717) is 24.6 Å². The van der Waals surface area contributed by atoms with Crippen LogP contribution >= 0.6 is 0 Å². The zero-order valence-electron chi connectivity index (χ0n) is 10.9. The molecule has 0 aliphatic heterocycles. The average molecular weight is 249 g/mol. The highest BCUT2D eigenvalue weighted by Crippen LogP contribution is 2.35. The minimum atomic E-state index is 0.319. The van der Waals surface area contributed by atoms with Crippen molar-refractivity contribution in [2.45, 2.75) is 57.2 Å². The zero-order valence-corrected chi connectivity index (χ0v) is 10.9. The maximum absolute atomic E-state index is 9.41. The van der Waals surface area contributed by atoms with Crippen LogP contribution in [0.15, 0.2) is 12.5 Å². The molecule has 0 amide bonds. The third kappa shape index (κ3) is 2.59. The molecule has 2 N–H and O–H groups in total. The number of nitrogens with zero attached hydrogens (tertiary/aromatic N) is 2. The fraction of sp³-hybridized carbons (Fsp3) is 0.786. The standard InChI is InChI=1S/C14H23N3O/c18-9-11-3-1-2-4-14(11)16-8-13-7-15-10-17(13)12-5-6-12/h7,10-12,14,16,18H,1-6,8-9H2. The lowest BCUT2D eigenvalue weighted by Crippen LogP contribution is -2.40. The topological polar surface area (TPSA) is 50.1 Å². The highest BCUT2D eigenvalue weighted by Gasteiger charge is 2.27. The summed E-state index contributed by atoms with van der Waals surface area (Å²) in [5.74, 6) is 0.441. The first-order chi connectivity index (χ1) is 8.88. The van der Waals surface area contributed by atoms with Crippen molar-refractivity contribution in [2.24, 2.45) is 5.92 Å². The number of aliphatic hydroxyl groups is 1. The molecule has 2 atom stereocenters. The van der Waals surface area contributed by atoms with Crippen LogP contribution in [0, 0.1) is 5.92 Å². The monoisotopic (exact) mass is 249 g/mol. The van der Waals surface area contributed by atoms with Crippen LogP contribution in [0.2, 0.25) is 0 Å². The van der Waals surface area contributed by atoms with Crippen molar-refractivity contribution in [1.29, 1.82) is 0 Å².